The summed E-state index contributed by atoms with van der Waals surface area (Å²) < 4.78 is 31.5. The molecule has 0 aliphatic carbocycles. The molecule has 1 aliphatic rings. The maximum Gasteiger partial charge on any atom is 0.276 e. The number of amides is 1. The van der Waals surface area contributed by atoms with Gasteiger partial charge >= 0.3 is 0 Å². The summed E-state index contributed by atoms with van der Waals surface area (Å²) in [7, 11) is -3.59. The molecule has 0 N–H and O–H groups in total. The minimum Gasteiger partial charge on any atom is -0.361 e. The van der Waals surface area contributed by atoms with Crippen molar-refractivity contribution in [2.45, 2.75) is 11.8 Å². The number of carbonyl (C=O) groups is 1. The van der Waals surface area contributed by atoms with Gasteiger partial charge in [0, 0.05) is 37.3 Å². The van der Waals surface area contributed by atoms with E-state index in [4.69, 9.17) is 16.1 Å². The lowest BCUT2D eigenvalue weighted by molar-refractivity contribution is 0.0687. The Bertz CT molecular complexity index is 840. The zero-order valence-electron chi connectivity index (χ0n) is 13.0. The first kappa shape index (κ1) is 16.9. The molecule has 9 heteroatoms. The zero-order chi connectivity index (χ0) is 17.3. The van der Waals surface area contributed by atoms with Crippen molar-refractivity contribution >= 4 is 27.5 Å². The number of hydrogen-bond acceptors (Lipinski definition) is 5. The molecule has 0 atom stereocenters. The van der Waals surface area contributed by atoms with Gasteiger partial charge in [-0.25, -0.2) is 8.42 Å². The van der Waals surface area contributed by atoms with Crippen LogP contribution in [-0.4, -0.2) is 54.9 Å². The normalized spacial score (nSPS) is 16.3. The number of benzene rings is 1. The third-order valence-electron chi connectivity index (χ3n) is 3.82. The molecule has 3 rings (SSSR count). The van der Waals surface area contributed by atoms with Gasteiger partial charge < -0.3 is 9.42 Å². The molecule has 0 bridgehead atoms. The molecule has 0 unspecified atom stereocenters. The van der Waals surface area contributed by atoms with Crippen LogP contribution in [0.15, 0.2) is 39.8 Å². The van der Waals surface area contributed by atoms with E-state index < -0.39 is 10.0 Å². The summed E-state index contributed by atoms with van der Waals surface area (Å²) in [5.74, 6) is 0.303. The summed E-state index contributed by atoms with van der Waals surface area (Å²) in [4.78, 5) is 14.1. The topological polar surface area (TPSA) is 83.7 Å². The Morgan fingerprint density at radius 2 is 1.79 bits per heavy atom. The van der Waals surface area contributed by atoms with Crippen molar-refractivity contribution in [1.82, 2.24) is 14.4 Å². The maximum absolute atomic E-state index is 12.6. The van der Waals surface area contributed by atoms with Gasteiger partial charge in [0.25, 0.3) is 5.91 Å². The molecule has 0 saturated carbocycles. The highest BCUT2D eigenvalue weighted by Gasteiger charge is 2.31. The zero-order valence-corrected chi connectivity index (χ0v) is 14.5. The van der Waals surface area contributed by atoms with Gasteiger partial charge in [-0.05, 0) is 31.2 Å². The number of hydrogen-bond donors (Lipinski definition) is 0. The number of sulfonamides is 1. The smallest absolute Gasteiger partial charge is 0.276 e. The first-order valence-electron chi connectivity index (χ1n) is 7.36. The van der Waals surface area contributed by atoms with E-state index in [0.29, 0.717) is 23.9 Å². The number of piperazine rings is 1. The lowest BCUT2D eigenvalue weighted by Gasteiger charge is -2.33. The third-order valence-corrected chi connectivity index (χ3v) is 5.99. The Kier molecular flexibility index (Phi) is 4.62. The van der Waals surface area contributed by atoms with Crippen LogP contribution in [0.5, 0.6) is 0 Å². The molecule has 0 radical (unpaired) electrons. The molecule has 0 spiro atoms. The van der Waals surface area contributed by atoms with Gasteiger partial charge in [0.2, 0.25) is 10.0 Å². The highest BCUT2D eigenvalue weighted by Crippen LogP contribution is 2.20. The number of aryl methyl sites for hydroxylation is 1. The Hall–Kier alpha value is -1.90. The molecule has 2 heterocycles. The first-order valence-corrected chi connectivity index (χ1v) is 9.18. The fraction of sp³-hybridized carbons (Fsp3) is 0.333. The molecular formula is C15H16ClN3O4S. The van der Waals surface area contributed by atoms with Crippen molar-refractivity contribution in [1.29, 1.82) is 0 Å². The summed E-state index contributed by atoms with van der Waals surface area (Å²) in [6.45, 7) is 2.77. The average molecular weight is 370 g/mol. The van der Waals surface area contributed by atoms with E-state index in [0.717, 1.165) is 0 Å². The van der Waals surface area contributed by atoms with Gasteiger partial charge in [0.05, 0.1) is 4.90 Å². The lowest BCUT2D eigenvalue weighted by atomic mass is 10.3. The molecule has 1 amide bonds. The van der Waals surface area contributed by atoms with Crippen molar-refractivity contribution in [3.8, 4) is 0 Å². The number of carbonyl (C=O) groups excluding carboxylic acids is 1. The van der Waals surface area contributed by atoms with Crippen LogP contribution in [0.3, 0.4) is 0 Å². The third kappa shape index (κ3) is 3.31. The van der Waals surface area contributed by atoms with Crippen molar-refractivity contribution < 1.29 is 17.7 Å². The summed E-state index contributed by atoms with van der Waals surface area (Å²) in [5.41, 5.74) is 0.238. The highest BCUT2D eigenvalue weighted by atomic mass is 35.5. The quantitative estimate of drug-likeness (QED) is 0.823. The second-order valence-electron chi connectivity index (χ2n) is 5.47. The molecule has 1 fully saturated rings. The van der Waals surface area contributed by atoms with Crippen molar-refractivity contribution in [2.75, 3.05) is 26.2 Å². The largest absolute Gasteiger partial charge is 0.361 e. The predicted molar refractivity (Wildman–Crippen MR) is 87.4 cm³/mol. The Labute approximate surface area is 144 Å². The molecule has 1 aromatic heterocycles. The molecule has 1 aromatic carbocycles. The summed E-state index contributed by atoms with van der Waals surface area (Å²) in [5, 5.41) is 4.18. The fourth-order valence-electron chi connectivity index (χ4n) is 2.52. The van der Waals surface area contributed by atoms with Crippen molar-refractivity contribution in [3.05, 3.63) is 46.8 Å². The molecule has 2 aromatic rings. The van der Waals surface area contributed by atoms with E-state index in [1.54, 1.807) is 30.0 Å². The molecule has 1 saturated heterocycles. The van der Waals surface area contributed by atoms with Gasteiger partial charge in [-0.3, -0.25) is 4.79 Å². The second-order valence-corrected chi connectivity index (χ2v) is 7.85. The first-order chi connectivity index (χ1) is 11.4. The summed E-state index contributed by atoms with van der Waals surface area (Å²) in [6, 6.07) is 7.61. The van der Waals surface area contributed by atoms with Crippen molar-refractivity contribution in [3.63, 3.8) is 0 Å². The Morgan fingerprint density at radius 1 is 1.17 bits per heavy atom. The predicted octanol–water partition coefficient (Wildman–Crippen LogP) is 1.78. The van der Waals surface area contributed by atoms with E-state index in [1.807, 2.05) is 0 Å². The molecule has 7 nitrogen and oxygen atoms in total. The standard InChI is InChI=1S/C15H16ClN3O4S/c1-11-10-14(17-23-11)15(20)18-6-8-19(9-7-18)24(21,22)13-4-2-12(16)3-5-13/h2-5,10H,6-9H2,1H3. The fourth-order valence-corrected chi connectivity index (χ4v) is 4.06. The number of halogens is 1. The molecule has 24 heavy (non-hydrogen) atoms. The van der Waals surface area contributed by atoms with Gasteiger partial charge in [-0.2, -0.15) is 4.31 Å². The lowest BCUT2D eigenvalue weighted by Crippen LogP contribution is -2.50. The number of rotatable bonds is 3. The van der Waals surface area contributed by atoms with Crippen LogP contribution >= 0.6 is 11.6 Å². The number of nitrogens with zero attached hydrogens (tertiary/aromatic N) is 3. The minimum atomic E-state index is -3.59. The van der Waals surface area contributed by atoms with Gasteiger partial charge in [0.1, 0.15) is 5.76 Å². The number of aromatic nitrogens is 1. The molecule has 1 aliphatic heterocycles. The average Bonchev–Trinajstić information content (AvgIpc) is 3.01. The van der Waals surface area contributed by atoms with Gasteiger partial charge in [-0.15, -0.1) is 0 Å². The minimum absolute atomic E-state index is 0.193. The van der Waals surface area contributed by atoms with Crippen LogP contribution in [0.4, 0.5) is 0 Å². The van der Waals surface area contributed by atoms with E-state index in [1.165, 1.54) is 16.4 Å². The maximum atomic E-state index is 12.6. The van der Waals surface area contributed by atoms with Crippen LogP contribution in [0.1, 0.15) is 16.2 Å². The Morgan fingerprint density at radius 3 is 2.33 bits per heavy atom. The van der Waals surface area contributed by atoms with E-state index in [2.05, 4.69) is 5.16 Å². The summed E-state index contributed by atoms with van der Waals surface area (Å²) >= 11 is 5.80. The van der Waals surface area contributed by atoms with Crippen LogP contribution in [-0.2, 0) is 10.0 Å². The van der Waals surface area contributed by atoms with Gasteiger partial charge in [-0.1, -0.05) is 16.8 Å². The SMILES string of the molecule is Cc1cc(C(=O)N2CCN(S(=O)(=O)c3ccc(Cl)cc3)CC2)no1. The Balaban J connectivity index is 1.68. The van der Waals surface area contributed by atoms with Crippen LogP contribution in [0.25, 0.3) is 0 Å². The van der Waals surface area contributed by atoms with Crippen LogP contribution in [0, 0.1) is 6.92 Å². The second kappa shape index (κ2) is 6.54. The van der Waals surface area contributed by atoms with Crippen molar-refractivity contribution in [2.24, 2.45) is 0 Å². The van der Waals surface area contributed by atoms with Crippen LogP contribution in [0.2, 0.25) is 5.02 Å². The highest BCUT2D eigenvalue weighted by molar-refractivity contribution is 7.89. The monoisotopic (exact) mass is 369 g/mol. The summed E-state index contributed by atoms with van der Waals surface area (Å²) in [6.07, 6.45) is 0. The van der Waals surface area contributed by atoms with E-state index in [9.17, 15) is 13.2 Å². The molecule has 128 valence electrons. The van der Waals surface area contributed by atoms with E-state index in [-0.39, 0.29) is 29.6 Å². The van der Waals surface area contributed by atoms with Gasteiger partial charge in [0.15, 0.2) is 5.69 Å². The van der Waals surface area contributed by atoms with Crippen LogP contribution < -0.4 is 0 Å². The molecular weight excluding hydrogens is 354 g/mol. The van der Waals surface area contributed by atoms with E-state index >= 15 is 0 Å².